The second-order valence-electron chi connectivity index (χ2n) is 6.18. The molecule has 9 nitrogen and oxygen atoms in total. The Kier molecular flexibility index (Phi) is 4.84. The molecule has 0 fully saturated rings. The third-order valence-electron chi connectivity index (χ3n) is 4.30. The lowest BCUT2D eigenvalue weighted by atomic mass is 10.0. The van der Waals surface area contributed by atoms with Crippen molar-refractivity contribution in [1.82, 2.24) is 17.9 Å². The summed E-state index contributed by atoms with van der Waals surface area (Å²) in [6, 6.07) is 11.0. The van der Waals surface area contributed by atoms with Gasteiger partial charge in [-0.2, -0.15) is 0 Å². The molecule has 4 aromatic rings. The Morgan fingerprint density at radius 1 is 0.700 bits per heavy atom. The molecule has 2 aromatic carbocycles. The van der Waals surface area contributed by atoms with Gasteiger partial charge in [0, 0.05) is 35.9 Å². The standard InChI is InChI=1S/C19H14N4O5S2/c24-19(15-3-1-5-17(11-15)29(25,26)22-9-7-20-13-22)16-4-2-6-18(12-16)30(27,28)23-10-8-21-14-23/h1-14H. The number of benzene rings is 2. The lowest BCUT2D eigenvalue weighted by Crippen LogP contribution is -2.13. The fourth-order valence-corrected chi connectivity index (χ4v) is 5.11. The Morgan fingerprint density at radius 2 is 1.13 bits per heavy atom. The van der Waals surface area contributed by atoms with E-state index in [1.165, 1.54) is 73.3 Å². The summed E-state index contributed by atoms with van der Waals surface area (Å²) >= 11 is 0. The van der Waals surface area contributed by atoms with Gasteiger partial charge in [-0.05, 0) is 24.3 Å². The van der Waals surface area contributed by atoms with E-state index in [1.54, 1.807) is 0 Å². The van der Waals surface area contributed by atoms with Gasteiger partial charge in [-0.25, -0.2) is 34.7 Å². The summed E-state index contributed by atoms with van der Waals surface area (Å²) in [5.74, 6) is -0.514. The lowest BCUT2D eigenvalue weighted by Gasteiger charge is -2.09. The number of aromatic nitrogens is 4. The summed E-state index contributed by atoms with van der Waals surface area (Å²) in [6.07, 6.45) is 7.53. The Bertz CT molecular complexity index is 1320. The van der Waals surface area contributed by atoms with Crippen molar-refractivity contribution in [3.05, 3.63) is 97.1 Å². The number of hydrogen-bond acceptors (Lipinski definition) is 7. The van der Waals surface area contributed by atoms with E-state index in [0.29, 0.717) is 0 Å². The van der Waals surface area contributed by atoms with Crippen LogP contribution in [-0.2, 0) is 20.0 Å². The minimum atomic E-state index is -3.90. The SMILES string of the molecule is O=C(c1cccc(S(=O)(=O)n2ccnc2)c1)c1cccc(S(=O)(=O)n2ccnc2)c1. The molecule has 0 radical (unpaired) electrons. The third kappa shape index (κ3) is 3.44. The zero-order chi connectivity index (χ0) is 21.4. The van der Waals surface area contributed by atoms with Crippen LogP contribution in [0.2, 0.25) is 0 Å². The molecule has 4 rings (SSSR count). The molecule has 0 aliphatic carbocycles. The Labute approximate surface area is 172 Å². The van der Waals surface area contributed by atoms with Gasteiger partial charge in [0.25, 0.3) is 20.0 Å². The van der Waals surface area contributed by atoms with E-state index in [9.17, 15) is 21.6 Å². The predicted molar refractivity (Wildman–Crippen MR) is 106 cm³/mol. The number of carbonyl (C=O) groups is 1. The van der Waals surface area contributed by atoms with Crippen LogP contribution in [0.25, 0.3) is 0 Å². The third-order valence-corrected chi connectivity index (χ3v) is 7.54. The van der Waals surface area contributed by atoms with Gasteiger partial charge in [-0.15, -0.1) is 0 Å². The van der Waals surface area contributed by atoms with Gasteiger partial charge >= 0.3 is 0 Å². The van der Waals surface area contributed by atoms with Gasteiger partial charge in [0.1, 0.15) is 12.7 Å². The normalized spacial score (nSPS) is 12.0. The maximum Gasteiger partial charge on any atom is 0.268 e. The van der Waals surface area contributed by atoms with Crippen molar-refractivity contribution in [3.8, 4) is 0 Å². The number of ketones is 1. The summed E-state index contributed by atoms with van der Waals surface area (Å²) in [5, 5.41) is 0. The molecular weight excluding hydrogens is 428 g/mol. The molecule has 0 amide bonds. The van der Waals surface area contributed by atoms with Crippen molar-refractivity contribution in [2.24, 2.45) is 0 Å². The fraction of sp³-hybridized carbons (Fsp3) is 0. The van der Waals surface area contributed by atoms with Crippen LogP contribution >= 0.6 is 0 Å². The molecule has 11 heteroatoms. The summed E-state index contributed by atoms with van der Waals surface area (Å²) in [5.41, 5.74) is 0.210. The highest BCUT2D eigenvalue weighted by Gasteiger charge is 2.21. The van der Waals surface area contributed by atoms with Crippen molar-refractivity contribution in [2.45, 2.75) is 9.79 Å². The molecule has 0 N–H and O–H groups in total. The average molecular weight is 442 g/mol. The first kappa shape index (κ1) is 19.7. The molecular formula is C19H14N4O5S2. The number of hydrogen-bond donors (Lipinski definition) is 0. The van der Waals surface area contributed by atoms with E-state index in [1.807, 2.05) is 0 Å². The van der Waals surface area contributed by atoms with Crippen molar-refractivity contribution >= 4 is 25.8 Å². The van der Waals surface area contributed by atoms with E-state index in [2.05, 4.69) is 9.97 Å². The maximum atomic E-state index is 12.9. The zero-order valence-corrected chi connectivity index (χ0v) is 16.9. The smallest absolute Gasteiger partial charge is 0.268 e. The highest BCUT2D eigenvalue weighted by atomic mass is 32.2. The van der Waals surface area contributed by atoms with Crippen LogP contribution in [0.4, 0.5) is 0 Å². The monoisotopic (exact) mass is 442 g/mol. The lowest BCUT2D eigenvalue weighted by molar-refractivity contribution is 0.103. The molecule has 2 aromatic heterocycles. The van der Waals surface area contributed by atoms with Crippen LogP contribution in [0.1, 0.15) is 15.9 Å². The fourth-order valence-electron chi connectivity index (χ4n) is 2.78. The number of nitrogens with zero attached hydrogens (tertiary/aromatic N) is 4. The Balaban J connectivity index is 1.72. The van der Waals surface area contributed by atoms with Crippen molar-refractivity contribution in [1.29, 1.82) is 0 Å². The molecule has 0 aliphatic heterocycles. The Morgan fingerprint density at radius 3 is 1.50 bits per heavy atom. The van der Waals surface area contributed by atoms with Crippen LogP contribution in [0.15, 0.2) is 95.8 Å². The Hall–Kier alpha value is -3.57. The quantitative estimate of drug-likeness (QED) is 0.417. The molecule has 152 valence electrons. The van der Waals surface area contributed by atoms with E-state index < -0.39 is 25.8 Å². The maximum absolute atomic E-state index is 12.9. The largest absolute Gasteiger partial charge is 0.289 e. The van der Waals surface area contributed by atoms with Crippen molar-refractivity contribution in [3.63, 3.8) is 0 Å². The summed E-state index contributed by atoms with van der Waals surface area (Å²) in [7, 11) is -7.80. The molecule has 0 saturated carbocycles. The van der Waals surface area contributed by atoms with Gasteiger partial charge in [0.05, 0.1) is 9.79 Å². The molecule has 0 spiro atoms. The van der Waals surface area contributed by atoms with Gasteiger partial charge in [0.15, 0.2) is 5.78 Å². The summed E-state index contributed by atoms with van der Waals surface area (Å²) in [4.78, 5) is 20.2. The van der Waals surface area contributed by atoms with Crippen molar-refractivity contribution in [2.75, 3.05) is 0 Å². The first-order valence-corrected chi connectivity index (χ1v) is 11.4. The molecule has 30 heavy (non-hydrogen) atoms. The van der Waals surface area contributed by atoms with Gasteiger partial charge in [0.2, 0.25) is 0 Å². The minimum absolute atomic E-state index is 0.0893. The van der Waals surface area contributed by atoms with Gasteiger partial charge in [-0.1, -0.05) is 24.3 Å². The number of rotatable bonds is 6. The van der Waals surface area contributed by atoms with Crippen LogP contribution in [0, 0.1) is 0 Å². The number of carbonyl (C=O) groups excluding carboxylic acids is 1. The second-order valence-corrected chi connectivity index (χ2v) is 9.87. The van der Waals surface area contributed by atoms with Gasteiger partial charge < -0.3 is 0 Å². The minimum Gasteiger partial charge on any atom is -0.289 e. The van der Waals surface area contributed by atoms with E-state index in [-0.39, 0.29) is 20.9 Å². The highest BCUT2D eigenvalue weighted by Crippen LogP contribution is 2.20. The van der Waals surface area contributed by atoms with Crippen LogP contribution in [-0.4, -0.2) is 40.5 Å². The molecule has 0 aliphatic rings. The topological polar surface area (TPSA) is 121 Å². The summed E-state index contributed by atoms with van der Waals surface area (Å²) < 4.78 is 52.5. The molecule has 0 saturated heterocycles. The average Bonchev–Trinajstić information content (AvgIpc) is 3.48. The van der Waals surface area contributed by atoms with Crippen LogP contribution in [0.5, 0.6) is 0 Å². The van der Waals surface area contributed by atoms with E-state index >= 15 is 0 Å². The number of imidazole rings is 2. The molecule has 2 heterocycles. The van der Waals surface area contributed by atoms with Crippen LogP contribution in [0.3, 0.4) is 0 Å². The van der Waals surface area contributed by atoms with Crippen molar-refractivity contribution < 1.29 is 21.6 Å². The van der Waals surface area contributed by atoms with E-state index in [0.717, 1.165) is 20.6 Å². The first-order chi connectivity index (χ1) is 14.3. The molecule has 0 atom stereocenters. The predicted octanol–water partition coefficient (Wildman–Crippen LogP) is 1.78. The first-order valence-electron chi connectivity index (χ1n) is 8.52. The van der Waals surface area contributed by atoms with E-state index in [4.69, 9.17) is 0 Å². The summed E-state index contributed by atoms with van der Waals surface area (Å²) in [6.45, 7) is 0. The highest BCUT2D eigenvalue weighted by molar-refractivity contribution is 7.90. The van der Waals surface area contributed by atoms with Crippen LogP contribution < -0.4 is 0 Å². The van der Waals surface area contributed by atoms with Gasteiger partial charge in [-0.3, -0.25) is 4.79 Å². The molecule has 0 unspecified atom stereocenters. The zero-order valence-electron chi connectivity index (χ0n) is 15.2. The second kappa shape index (κ2) is 7.35. The molecule has 0 bridgehead atoms.